The minimum absolute atomic E-state index is 0.739. The van der Waals surface area contributed by atoms with Crippen LogP contribution in [0.25, 0.3) is 0 Å². The van der Waals surface area contributed by atoms with E-state index in [-0.39, 0.29) is 0 Å². The fourth-order valence-corrected chi connectivity index (χ4v) is 2.29. The van der Waals surface area contributed by atoms with E-state index in [9.17, 15) is 0 Å². The third-order valence-corrected chi connectivity index (χ3v) is 3.68. The lowest BCUT2D eigenvalue weighted by molar-refractivity contribution is 0.400. The summed E-state index contributed by atoms with van der Waals surface area (Å²) in [7, 11) is 4.25. The molecule has 20 heavy (non-hydrogen) atoms. The van der Waals surface area contributed by atoms with Crippen LogP contribution in [-0.2, 0) is 6.54 Å². The molecule has 0 bridgehead atoms. The first kappa shape index (κ1) is 15.3. The van der Waals surface area contributed by atoms with Crippen LogP contribution in [0.2, 0.25) is 0 Å². The Bertz CT molecular complexity index is 401. The van der Waals surface area contributed by atoms with Gasteiger partial charge in [0.05, 0.1) is 5.69 Å². The first-order valence-electron chi connectivity index (χ1n) is 7.78. The summed E-state index contributed by atoms with van der Waals surface area (Å²) in [5, 5.41) is 3.53. The van der Waals surface area contributed by atoms with Crippen molar-refractivity contribution in [1.82, 2.24) is 15.2 Å². The summed E-state index contributed by atoms with van der Waals surface area (Å²) in [6, 6.07) is 7.11. The Labute approximate surface area is 123 Å². The smallest absolute Gasteiger partial charge is 0.128 e. The van der Waals surface area contributed by atoms with Gasteiger partial charge in [-0.25, -0.2) is 4.98 Å². The number of nitrogens with zero attached hydrogens (tertiary/aromatic N) is 3. The van der Waals surface area contributed by atoms with Gasteiger partial charge in [-0.15, -0.1) is 0 Å². The molecule has 1 aliphatic rings. The molecular weight excluding hydrogens is 248 g/mol. The van der Waals surface area contributed by atoms with Gasteiger partial charge < -0.3 is 15.1 Å². The van der Waals surface area contributed by atoms with Crippen molar-refractivity contribution in [3.05, 3.63) is 23.9 Å². The monoisotopic (exact) mass is 276 g/mol. The fraction of sp³-hybridized carbons (Fsp3) is 0.688. The Kier molecular flexibility index (Phi) is 5.80. The highest BCUT2D eigenvalue weighted by atomic mass is 15.2. The summed E-state index contributed by atoms with van der Waals surface area (Å²) in [6.45, 7) is 6.31. The lowest BCUT2D eigenvalue weighted by Crippen LogP contribution is -2.28. The standard InChI is InChI=1S/C16H28N4/c1-4-20(12-6-11-19(2)3)16-8-5-7-15(18-16)13-17-14-9-10-14/h5,7-8,14,17H,4,6,9-13H2,1-3H3. The van der Waals surface area contributed by atoms with Crippen LogP contribution < -0.4 is 10.2 Å². The Morgan fingerprint density at radius 3 is 2.70 bits per heavy atom. The van der Waals surface area contributed by atoms with Gasteiger partial charge in [0.1, 0.15) is 5.82 Å². The molecule has 0 radical (unpaired) electrons. The highest BCUT2D eigenvalue weighted by molar-refractivity contribution is 5.39. The van der Waals surface area contributed by atoms with E-state index in [0.717, 1.165) is 43.7 Å². The highest BCUT2D eigenvalue weighted by Gasteiger charge is 2.20. The quantitative estimate of drug-likeness (QED) is 0.748. The van der Waals surface area contributed by atoms with E-state index in [2.05, 4.69) is 54.3 Å². The van der Waals surface area contributed by atoms with Crippen molar-refractivity contribution in [3.8, 4) is 0 Å². The number of hydrogen-bond donors (Lipinski definition) is 1. The van der Waals surface area contributed by atoms with Gasteiger partial charge in [0, 0.05) is 25.7 Å². The lowest BCUT2D eigenvalue weighted by Gasteiger charge is -2.23. The van der Waals surface area contributed by atoms with Crippen molar-refractivity contribution in [1.29, 1.82) is 0 Å². The SMILES string of the molecule is CCN(CCCN(C)C)c1cccc(CNC2CC2)n1. The van der Waals surface area contributed by atoms with Crippen LogP contribution in [0.1, 0.15) is 31.9 Å². The zero-order valence-electron chi connectivity index (χ0n) is 13.1. The second-order valence-corrected chi connectivity index (χ2v) is 5.88. The van der Waals surface area contributed by atoms with Gasteiger partial charge in [-0.2, -0.15) is 0 Å². The number of aromatic nitrogens is 1. The van der Waals surface area contributed by atoms with Crippen LogP contribution in [0.3, 0.4) is 0 Å². The van der Waals surface area contributed by atoms with E-state index in [0.29, 0.717) is 0 Å². The molecule has 0 saturated heterocycles. The van der Waals surface area contributed by atoms with Crippen molar-refractivity contribution in [3.63, 3.8) is 0 Å². The maximum absolute atomic E-state index is 4.79. The van der Waals surface area contributed by atoms with Crippen LogP contribution >= 0.6 is 0 Å². The molecule has 4 heteroatoms. The van der Waals surface area contributed by atoms with Gasteiger partial charge >= 0.3 is 0 Å². The first-order chi connectivity index (χ1) is 9.69. The molecule has 1 aromatic rings. The minimum Gasteiger partial charge on any atom is -0.357 e. The van der Waals surface area contributed by atoms with Crippen molar-refractivity contribution >= 4 is 5.82 Å². The Hall–Kier alpha value is -1.13. The molecule has 1 N–H and O–H groups in total. The van der Waals surface area contributed by atoms with Gasteiger partial charge in [0.15, 0.2) is 0 Å². The zero-order valence-corrected chi connectivity index (χ0v) is 13.1. The molecule has 1 heterocycles. The predicted molar refractivity (Wildman–Crippen MR) is 85.2 cm³/mol. The predicted octanol–water partition coefficient (Wildman–Crippen LogP) is 2.11. The van der Waals surface area contributed by atoms with E-state index in [4.69, 9.17) is 4.98 Å². The molecule has 0 amide bonds. The molecule has 0 spiro atoms. The van der Waals surface area contributed by atoms with E-state index in [1.807, 2.05) is 0 Å². The summed E-state index contributed by atoms with van der Waals surface area (Å²) in [4.78, 5) is 9.39. The molecule has 1 fully saturated rings. The molecule has 1 aromatic heterocycles. The van der Waals surface area contributed by atoms with Gasteiger partial charge in [-0.1, -0.05) is 6.07 Å². The summed E-state index contributed by atoms with van der Waals surface area (Å²) in [6.07, 6.45) is 3.82. The second kappa shape index (κ2) is 7.60. The molecule has 1 saturated carbocycles. The largest absolute Gasteiger partial charge is 0.357 e. The molecule has 1 aliphatic carbocycles. The van der Waals surface area contributed by atoms with Gasteiger partial charge in [0.2, 0.25) is 0 Å². The third-order valence-electron chi connectivity index (χ3n) is 3.68. The molecular formula is C16H28N4. The number of hydrogen-bond acceptors (Lipinski definition) is 4. The fourth-order valence-electron chi connectivity index (χ4n) is 2.29. The Morgan fingerprint density at radius 1 is 1.25 bits per heavy atom. The van der Waals surface area contributed by atoms with Crippen molar-refractivity contribution in [2.75, 3.05) is 38.6 Å². The normalized spacial score (nSPS) is 14.8. The molecule has 0 atom stereocenters. The number of pyridine rings is 1. The van der Waals surface area contributed by atoms with Crippen molar-refractivity contribution in [2.24, 2.45) is 0 Å². The number of anilines is 1. The van der Waals surface area contributed by atoms with Crippen LogP contribution in [0.4, 0.5) is 5.82 Å². The van der Waals surface area contributed by atoms with Gasteiger partial charge in [-0.3, -0.25) is 0 Å². The topological polar surface area (TPSA) is 31.4 Å². The molecule has 112 valence electrons. The minimum atomic E-state index is 0.739. The Morgan fingerprint density at radius 2 is 2.05 bits per heavy atom. The zero-order chi connectivity index (χ0) is 14.4. The third kappa shape index (κ3) is 5.10. The van der Waals surface area contributed by atoms with E-state index >= 15 is 0 Å². The summed E-state index contributed by atoms with van der Waals surface area (Å²) in [5.41, 5.74) is 1.15. The van der Waals surface area contributed by atoms with Crippen molar-refractivity contribution in [2.45, 2.75) is 38.8 Å². The van der Waals surface area contributed by atoms with E-state index in [1.54, 1.807) is 0 Å². The molecule has 0 unspecified atom stereocenters. The van der Waals surface area contributed by atoms with Crippen molar-refractivity contribution < 1.29 is 0 Å². The summed E-state index contributed by atoms with van der Waals surface area (Å²) < 4.78 is 0. The first-order valence-corrected chi connectivity index (χ1v) is 7.78. The highest BCUT2D eigenvalue weighted by Crippen LogP contribution is 2.19. The second-order valence-electron chi connectivity index (χ2n) is 5.88. The molecule has 0 aromatic carbocycles. The molecule has 0 aliphatic heterocycles. The van der Waals surface area contributed by atoms with E-state index < -0.39 is 0 Å². The summed E-state index contributed by atoms with van der Waals surface area (Å²) >= 11 is 0. The van der Waals surface area contributed by atoms with Crippen LogP contribution in [0.15, 0.2) is 18.2 Å². The maximum Gasteiger partial charge on any atom is 0.128 e. The van der Waals surface area contributed by atoms with Crippen LogP contribution in [0, 0.1) is 0 Å². The van der Waals surface area contributed by atoms with Crippen LogP contribution in [-0.4, -0.2) is 49.7 Å². The Balaban J connectivity index is 1.88. The lowest BCUT2D eigenvalue weighted by atomic mass is 10.3. The number of nitrogens with one attached hydrogen (secondary N) is 1. The van der Waals surface area contributed by atoms with Gasteiger partial charge in [0.25, 0.3) is 0 Å². The maximum atomic E-state index is 4.79. The van der Waals surface area contributed by atoms with E-state index in [1.165, 1.54) is 19.3 Å². The van der Waals surface area contributed by atoms with Gasteiger partial charge in [-0.05, 0) is 59.0 Å². The average molecular weight is 276 g/mol. The molecule has 4 nitrogen and oxygen atoms in total. The van der Waals surface area contributed by atoms with Crippen LogP contribution in [0.5, 0.6) is 0 Å². The summed E-state index contributed by atoms with van der Waals surface area (Å²) in [5.74, 6) is 1.11. The average Bonchev–Trinajstić information content (AvgIpc) is 3.25. The number of rotatable bonds is 9. The molecule has 2 rings (SSSR count).